The van der Waals surface area contributed by atoms with Crippen LogP contribution in [0.1, 0.15) is 54.8 Å². The number of hydrogen-bond donors (Lipinski definition) is 0. The number of nitrogens with zero attached hydrogens (tertiary/aromatic N) is 9. The third-order valence-corrected chi connectivity index (χ3v) is 11.0. The van der Waals surface area contributed by atoms with E-state index in [4.69, 9.17) is 14.7 Å². The van der Waals surface area contributed by atoms with Crippen molar-refractivity contribution >= 4 is 40.3 Å². The van der Waals surface area contributed by atoms with E-state index in [1.807, 2.05) is 55.0 Å². The van der Waals surface area contributed by atoms with Gasteiger partial charge in [-0.2, -0.15) is 5.10 Å². The van der Waals surface area contributed by atoms with Crippen molar-refractivity contribution in [2.75, 3.05) is 44.2 Å². The lowest BCUT2D eigenvalue weighted by molar-refractivity contribution is -0.132. The largest absolute Gasteiger partial charge is 0.475 e. The van der Waals surface area contributed by atoms with Crippen molar-refractivity contribution in [3.8, 4) is 16.6 Å². The van der Waals surface area contributed by atoms with Gasteiger partial charge in [0.1, 0.15) is 12.1 Å². The smallest absolute Gasteiger partial charge is 0.237 e. The third-order valence-electron chi connectivity index (χ3n) is 9.85. The summed E-state index contributed by atoms with van der Waals surface area (Å²) >= 11 is 1.69. The van der Waals surface area contributed by atoms with Crippen molar-refractivity contribution < 1.29 is 14.3 Å². The molecule has 1 spiro atoms. The Labute approximate surface area is 289 Å². The van der Waals surface area contributed by atoms with Gasteiger partial charge in [0.25, 0.3) is 0 Å². The van der Waals surface area contributed by atoms with Gasteiger partial charge in [0, 0.05) is 61.5 Å². The number of thiophene rings is 1. The Morgan fingerprint density at radius 1 is 1.04 bits per heavy atom. The molecule has 4 aliphatic heterocycles. The van der Waals surface area contributed by atoms with E-state index in [0.29, 0.717) is 51.0 Å². The van der Waals surface area contributed by atoms with E-state index in [-0.39, 0.29) is 17.9 Å². The molecule has 0 radical (unpaired) electrons. The van der Waals surface area contributed by atoms with Gasteiger partial charge >= 0.3 is 0 Å². The highest BCUT2D eigenvalue weighted by Gasteiger charge is 2.51. The highest BCUT2D eigenvalue weighted by atomic mass is 32.1. The molecule has 2 saturated heterocycles. The number of aryl methyl sites for hydroxylation is 1. The summed E-state index contributed by atoms with van der Waals surface area (Å²) in [5.41, 5.74) is 4.27. The molecule has 12 nitrogen and oxygen atoms in total. The predicted molar refractivity (Wildman–Crippen MR) is 188 cm³/mol. The molecule has 13 heteroatoms. The Balaban J connectivity index is 0.883. The van der Waals surface area contributed by atoms with Crippen molar-refractivity contribution in [1.29, 1.82) is 0 Å². The molecule has 4 aromatic heterocycles. The topological polar surface area (TPSA) is 122 Å². The molecule has 252 valence electrons. The molecule has 0 unspecified atom stereocenters. The molecule has 0 bridgehead atoms. The van der Waals surface area contributed by atoms with Crippen molar-refractivity contribution in [2.24, 2.45) is 17.5 Å². The summed E-state index contributed by atoms with van der Waals surface area (Å²) in [5, 5.41) is 4.41. The first-order valence-electron chi connectivity index (χ1n) is 16.9. The first kappa shape index (κ1) is 31.5. The van der Waals surface area contributed by atoms with Gasteiger partial charge in [-0.05, 0) is 69.5 Å². The van der Waals surface area contributed by atoms with Gasteiger partial charge in [-0.1, -0.05) is 12.1 Å². The van der Waals surface area contributed by atoms with Crippen LogP contribution >= 0.6 is 11.3 Å². The van der Waals surface area contributed by atoms with Crippen molar-refractivity contribution in [1.82, 2.24) is 34.5 Å². The maximum Gasteiger partial charge on any atom is 0.237 e. The number of carbonyl (C=O) groups excluding carboxylic acids is 2. The minimum absolute atomic E-state index is 0.0463. The van der Waals surface area contributed by atoms with Crippen LogP contribution in [-0.2, 0) is 23.2 Å². The number of fused-ring (bicyclic) bond motifs is 1. The van der Waals surface area contributed by atoms with E-state index in [1.165, 1.54) is 10.5 Å². The van der Waals surface area contributed by atoms with Gasteiger partial charge in [-0.15, -0.1) is 11.3 Å². The van der Waals surface area contributed by atoms with Gasteiger partial charge in [0.15, 0.2) is 5.82 Å². The normalized spacial score (nSPS) is 20.8. The van der Waals surface area contributed by atoms with E-state index in [0.717, 1.165) is 59.0 Å². The number of rotatable bonds is 8. The SMILES string of the molecule is CC(C)Oc1ccc(C2=NCc3ccc(N4CC[C@]5(CCN(CC(=O)N6CC=C(c7ccc(-c8ncn(C)n8)s7)CC6)C5)C4=O)nc32)cn1. The Hall–Kier alpha value is -4.75. The fourth-order valence-corrected chi connectivity index (χ4v) is 8.27. The summed E-state index contributed by atoms with van der Waals surface area (Å²) < 4.78 is 7.40. The van der Waals surface area contributed by atoms with Crippen LogP contribution < -0.4 is 9.64 Å². The van der Waals surface area contributed by atoms with Crippen LogP contribution in [0.2, 0.25) is 0 Å². The zero-order valence-electron chi connectivity index (χ0n) is 28.0. The number of likely N-dealkylation sites (tertiary alicyclic amines) is 1. The molecule has 8 heterocycles. The minimum Gasteiger partial charge on any atom is -0.475 e. The number of carbonyl (C=O) groups is 2. The second-order valence-electron chi connectivity index (χ2n) is 13.6. The Kier molecular flexibility index (Phi) is 8.11. The van der Waals surface area contributed by atoms with Crippen LogP contribution in [0.5, 0.6) is 5.88 Å². The zero-order valence-corrected chi connectivity index (χ0v) is 28.8. The third kappa shape index (κ3) is 6.05. The molecule has 0 N–H and O–H groups in total. The maximum absolute atomic E-state index is 14.0. The molecule has 2 amide bonds. The highest BCUT2D eigenvalue weighted by Crippen LogP contribution is 2.42. The van der Waals surface area contributed by atoms with Crippen LogP contribution in [0.3, 0.4) is 0 Å². The van der Waals surface area contributed by atoms with Crippen LogP contribution in [-0.4, -0.2) is 97.4 Å². The van der Waals surface area contributed by atoms with Gasteiger partial charge in [0.2, 0.25) is 17.7 Å². The fourth-order valence-electron chi connectivity index (χ4n) is 7.26. The number of aromatic nitrogens is 5. The number of anilines is 1. The van der Waals surface area contributed by atoms with E-state index in [2.05, 4.69) is 38.2 Å². The summed E-state index contributed by atoms with van der Waals surface area (Å²) in [4.78, 5) is 54.1. The molecule has 8 rings (SSSR count). The second-order valence-corrected chi connectivity index (χ2v) is 14.7. The molecule has 4 aliphatic rings. The molecule has 0 aromatic carbocycles. The quantitative estimate of drug-likeness (QED) is 0.272. The highest BCUT2D eigenvalue weighted by molar-refractivity contribution is 7.16. The molecule has 49 heavy (non-hydrogen) atoms. The first-order valence-corrected chi connectivity index (χ1v) is 17.7. The molecule has 1 atom stereocenters. The Morgan fingerprint density at radius 3 is 2.65 bits per heavy atom. The molecule has 2 fully saturated rings. The number of ether oxygens (including phenoxy) is 1. The fraction of sp³-hybridized carbons (Fsp3) is 0.417. The summed E-state index contributed by atoms with van der Waals surface area (Å²) in [5.74, 6) is 2.18. The van der Waals surface area contributed by atoms with Gasteiger partial charge in [-0.25, -0.2) is 15.0 Å². The van der Waals surface area contributed by atoms with E-state index in [9.17, 15) is 9.59 Å². The predicted octanol–water partition coefficient (Wildman–Crippen LogP) is 4.22. The maximum atomic E-state index is 14.0. The molecule has 4 aromatic rings. The number of pyridine rings is 2. The lowest BCUT2D eigenvalue weighted by atomic mass is 9.85. The van der Waals surface area contributed by atoms with Crippen LogP contribution in [0.4, 0.5) is 5.82 Å². The summed E-state index contributed by atoms with van der Waals surface area (Å²) in [6.45, 7) is 8.05. The van der Waals surface area contributed by atoms with Gasteiger partial charge in [-0.3, -0.25) is 29.1 Å². The average molecular weight is 678 g/mol. The average Bonchev–Trinajstić information content (AvgIpc) is 3.94. The number of amides is 2. The number of aliphatic imine (C=N–C) groups is 1. The Bertz CT molecular complexity index is 1980. The van der Waals surface area contributed by atoms with Crippen LogP contribution in [0.15, 0.2) is 60.0 Å². The Morgan fingerprint density at radius 2 is 1.90 bits per heavy atom. The van der Waals surface area contributed by atoms with Crippen molar-refractivity contribution in [3.63, 3.8) is 0 Å². The monoisotopic (exact) mass is 677 g/mol. The van der Waals surface area contributed by atoms with Gasteiger partial charge in [0.05, 0.1) is 40.9 Å². The number of hydrogen-bond acceptors (Lipinski definition) is 10. The summed E-state index contributed by atoms with van der Waals surface area (Å²) in [7, 11) is 1.87. The van der Waals surface area contributed by atoms with Crippen LogP contribution in [0, 0.1) is 5.41 Å². The van der Waals surface area contributed by atoms with E-state index >= 15 is 0 Å². The van der Waals surface area contributed by atoms with Gasteiger partial charge < -0.3 is 9.64 Å². The second kappa shape index (κ2) is 12.6. The lowest BCUT2D eigenvalue weighted by Gasteiger charge is -2.29. The summed E-state index contributed by atoms with van der Waals surface area (Å²) in [6.07, 6.45) is 8.00. The van der Waals surface area contributed by atoms with E-state index in [1.54, 1.807) is 28.5 Å². The molecule has 0 saturated carbocycles. The standard InChI is InChI=1S/C36H39N9O3S/c1-23(2)48-30-9-5-25(18-37-30)32-33-26(19-38-32)4-8-29(40-33)45-17-13-36(35(45)47)12-16-43(21-36)20-31(46)44-14-10-24(11-15-44)27-6-7-28(49-27)34-39-22-42(3)41-34/h4-10,18,22-23H,11-17,19-21H2,1-3H3/t36-/m0/s1. The van der Waals surface area contributed by atoms with E-state index < -0.39 is 5.41 Å². The van der Waals surface area contributed by atoms with Crippen molar-refractivity contribution in [2.45, 2.75) is 45.8 Å². The molecule has 0 aliphatic carbocycles. The first-order chi connectivity index (χ1) is 23.7. The molecular formula is C36H39N9O3S. The lowest BCUT2D eigenvalue weighted by Crippen LogP contribution is -2.43. The zero-order chi connectivity index (χ0) is 33.7. The van der Waals surface area contributed by atoms with Crippen molar-refractivity contribution in [3.05, 3.63) is 76.7 Å². The summed E-state index contributed by atoms with van der Waals surface area (Å²) in [6, 6.07) is 12.0. The van der Waals surface area contributed by atoms with Crippen LogP contribution in [0.25, 0.3) is 16.3 Å². The minimum atomic E-state index is -0.484. The molecular weight excluding hydrogens is 639 g/mol.